The normalized spacial score (nSPS) is 25.4. The lowest BCUT2D eigenvalue weighted by atomic mass is 9.89. The molecule has 0 spiro atoms. The van der Waals surface area contributed by atoms with Crippen molar-refractivity contribution in [2.24, 2.45) is 5.92 Å². The van der Waals surface area contributed by atoms with Crippen LogP contribution in [0.3, 0.4) is 0 Å². The lowest BCUT2D eigenvalue weighted by Crippen LogP contribution is -2.24. The predicted octanol–water partition coefficient (Wildman–Crippen LogP) is 3.78. The van der Waals surface area contributed by atoms with Crippen molar-refractivity contribution in [3.8, 4) is 5.75 Å². The van der Waals surface area contributed by atoms with Gasteiger partial charge in [-0.05, 0) is 37.3 Å². The second kappa shape index (κ2) is 5.53. The van der Waals surface area contributed by atoms with E-state index in [0.29, 0.717) is 12.0 Å². The fourth-order valence-corrected chi connectivity index (χ4v) is 2.40. The molecule has 0 saturated heterocycles. The van der Waals surface area contributed by atoms with E-state index in [9.17, 15) is 0 Å². The van der Waals surface area contributed by atoms with Crippen LogP contribution >= 0.6 is 11.6 Å². The first kappa shape index (κ1) is 11.7. The number of nitrogens with zero attached hydrogens (tertiary/aromatic N) is 1. The minimum absolute atomic E-state index is 0.368. The minimum atomic E-state index is 0.368. The summed E-state index contributed by atoms with van der Waals surface area (Å²) in [6.07, 6.45) is 7.09. The van der Waals surface area contributed by atoms with Crippen molar-refractivity contribution in [2.75, 3.05) is 0 Å². The third kappa shape index (κ3) is 3.11. The maximum Gasteiger partial charge on any atom is 0.138 e. The van der Waals surface area contributed by atoms with Crippen LogP contribution in [0, 0.1) is 5.92 Å². The second-order valence-corrected chi connectivity index (χ2v) is 4.90. The zero-order chi connectivity index (χ0) is 11.4. The molecule has 1 aliphatic carbocycles. The number of ether oxygens (including phenoxy) is 1. The Hall–Kier alpha value is -0.760. The Morgan fingerprint density at radius 1 is 1.44 bits per heavy atom. The van der Waals surface area contributed by atoms with Crippen molar-refractivity contribution in [3.05, 3.63) is 24.0 Å². The molecule has 0 aliphatic heterocycles. The van der Waals surface area contributed by atoms with Gasteiger partial charge in [0, 0.05) is 0 Å². The highest BCUT2D eigenvalue weighted by atomic mass is 35.5. The predicted molar refractivity (Wildman–Crippen MR) is 65.8 cm³/mol. The minimum Gasteiger partial charge on any atom is -0.489 e. The largest absolute Gasteiger partial charge is 0.489 e. The molecular formula is C13H18ClNO. The number of alkyl halides is 1. The molecule has 0 aromatic carbocycles. The molecular weight excluding hydrogens is 222 g/mol. The summed E-state index contributed by atoms with van der Waals surface area (Å²) in [5, 5.41) is 0. The molecule has 1 saturated carbocycles. The molecule has 88 valence electrons. The van der Waals surface area contributed by atoms with E-state index in [4.69, 9.17) is 16.3 Å². The van der Waals surface area contributed by atoms with Crippen LogP contribution in [0.15, 0.2) is 18.3 Å². The summed E-state index contributed by atoms with van der Waals surface area (Å²) in [6.45, 7) is 2.30. The van der Waals surface area contributed by atoms with E-state index in [2.05, 4.69) is 11.9 Å². The van der Waals surface area contributed by atoms with E-state index < -0.39 is 0 Å². The Balaban J connectivity index is 1.92. The van der Waals surface area contributed by atoms with Gasteiger partial charge in [0.25, 0.3) is 0 Å². The molecule has 3 heteroatoms. The van der Waals surface area contributed by atoms with Gasteiger partial charge in [-0.25, -0.2) is 0 Å². The summed E-state index contributed by atoms with van der Waals surface area (Å²) in [5.41, 5.74) is 0.894. The summed E-state index contributed by atoms with van der Waals surface area (Å²) < 4.78 is 5.92. The zero-order valence-corrected chi connectivity index (χ0v) is 10.4. The number of rotatable bonds is 3. The van der Waals surface area contributed by atoms with Gasteiger partial charge < -0.3 is 4.74 Å². The van der Waals surface area contributed by atoms with Crippen LogP contribution in [0.5, 0.6) is 5.75 Å². The Morgan fingerprint density at radius 3 is 2.94 bits per heavy atom. The molecule has 0 N–H and O–H groups in total. The molecule has 2 atom stereocenters. The SMILES string of the molecule is CC1CCCC(Oc2ccc(CCl)nc2)C1. The molecule has 1 fully saturated rings. The second-order valence-electron chi connectivity index (χ2n) is 4.63. The van der Waals surface area contributed by atoms with Crippen LogP contribution in [-0.4, -0.2) is 11.1 Å². The monoisotopic (exact) mass is 239 g/mol. The topological polar surface area (TPSA) is 22.1 Å². The molecule has 1 aromatic rings. The van der Waals surface area contributed by atoms with Gasteiger partial charge in [0.2, 0.25) is 0 Å². The van der Waals surface area contributed by atoms with Gasteiger partial charge in [-0.15, -0.1) is 11.6 Å². The van der Waals surface area contributed by atoms with Gasteiger partial charge in [0.1, 0.15) is 5.75 Å². The van der Waals surface area contributed by atoms with Crippen LogP contribution in [-0.2, 0) is 5.88 Å². The average Bonchev–Trinajstić information content (AvgIpc) is 2.30. The van der Waals surface area contributed by atoms with Gasteiger partial charge in [-0.1, -0.05) is 13.3 Å². The number of hydrogen-bond donors (Lipinski definition) is 0. The number of aromatic nitrogens is 1. The summed E-state index contributed by atoms with van der Waals surface area (Å²) in [6, 6.07) is 3.89. The van der Waals surface area contributed by atoms with E-state index in [1.807, 2.05) is 12.1 Å². The number of halogens is 1. The van der Waals surface area contributed by atoms with E-state index >= 15 is 0 Å². The first-order valence-electron chi connectivity index (χ1n) is 5.95. The van der Waals surface area contributed by atoms with Gasteiger partial charge in [-0.2, -0.15) is 0 Å². The van der Waals surface area contributed by atoms with E-state index in [0.717, 1.165) is 23.8 Å². The van der Waals surface area contributed by atoms with Gasteiger partial charge in [0.15, 0.2) is 0 Å². The highest BCUT2D eigenvalue weighted by molar-refractivity contribution is 6.16. The maximum absolute atomic E-state index is 5.92. The summed E-state index contributed by atoms with van der Waals surface area (Å²) in [7, 11) is 0. The van der Waals surface area contributed by atoms with E-state index in [1.54, 1.807) is 6.20 Å². The van der Waals surface area contributed by atoms with Crippen molar-refractivity contribution in [3.63, 3.8) is 0 Å². The molecule has 0 bridgehead atoms. The van der Waals surface area contributed by atoms with Crippen LogP contribution in [0.1, 0.15) is 38.3 Å². The van der Waals surface area contributed by atoms with Gasteiger partial charge in [0.05, 0.1) is 23.9 Å². The Kier molecular flexibility index (Phi) is 4.05. The highest BCUT2D eigenvalue weighted by Crippen LogP contribution is 2.27. The Bertz CT molecular complexity index is 325. The molecule has 0 radical (unpaired) electrons. The molecule has 1 aromatic heterocycles. The molecule has 16 heavy (non-hydrogen) atoms. The maximum atomic E-state index is 5.92. The van der Waals surface area contributed by atoms with Crippen molar-refractivity contribution >= 4 is 11.6 Å². The Labute approximate surface area is 102 Å². The Morgan fingerprint density at radius 2 is 2.31 bits per heavy atom. The first-order chi connectivity index (χ1) is 7.78. The first-order valence-corrected chi connectivity index (χ1v) is 6.49. The molecule has 1 aliphatic rings. The molecule has 1 heterocycles. The summed E-state index contributed by atoms with van der Waals surface area (Å²) in [4.78, 5) is 4.22. The van der Waals surface area contributed by atoms with Gasteiger partial charge in [-0.3, -0.25) is 4.98 Å². The van der Waals surface area contributed by atoms with Gasteiger partial charge >= 0.3 is 0 Å². The van der Waals surface area contributed by atoms with Crippen LogP contribution in [0.4, 0.5) is 0 Å². The van der Waals surface area contributed by atoms with E-state index in [-0.39, 0.29) is 0 Å². The van der Waals surface area contributed by atoms with Crippen LogP contribution in [0.2, 0.25) is 0 Å². The van der Waals surface area contributed by atoms with Crippen LogP contribution < -0.4 is 4.74 Å². The molecule has 2 rings (SSSR count). The van der Waals surface area contributed by atoms with E-state index in [1.165, 1.54) is 19.3 Å². The highest BCUT2D eigenvalue weighted by Gasteiger charge is 2.20. The average molecular weight is 240 g/mol. The molecule has 2 nitrogen and oxygen atoms in total. The third-order valence-electron chi connectivity index (χ3n) is 3.13. The number of hydrogen-bond acceptors (Lipinski definition) is 2. The molecule has 0 amide bonds. The van der Waals surface area contributed by atoms with Crippen molar-refractivity contribution in [2.45, 2.75) is 44.6 Å². The van der Waals surface area contributed by atoms with Crippen molar-refractivity contribution in [1.29, 1.82) is 0 Å². The third-order valence-corrected chi connectivity index (χ3v) is 3.40. The van der Waals surface area contributed by atoms with Crippen molar-refractivity contribution < 1.29 is 4.74 Å². The smallest absolute Gasteiger partial charge is 0.138 e. The molecule has 2 unspecified atom stereocenters. The standard InChI is InChI=1S/C13H18ClNO/c1-10-3-2-4-12(7-10)16-13-6-5-11(8-14)15-9-13/h5-6,9-10,12H,2-4,7-8H2,1H3. The zero-order valence-electron chi connectivity index (χ0n) is 9.66. The summed E-state index contributed by atoms with van der Waals surface area (Å²) >= 11 is 5.69. The van der Waals surface area contributed by atoms with Crippen LogP contribution in [0.25, 0.3) is 0 Å². The fourth-order valence-electron chi connectivity index (χ4n) is 2.24. The number of pyridine rings is 1. The fraction of sp³-hybridized carbons (Fsp3) is 0.615. The lowest BCUT2D eigenvalue weighted by Gasteiger charge is -2.27. The lowest BCUT2D eigenvalue weighted by molar-refractivity contribution is 0.128. The quantitative estimate of drug-likeness (QED) is 0.749. The van der Waals surface area contributed by atoms with Crippen molar-refractivity contribution in [1.82, 2.24) is 4.98 Å². The summed E-state index contributed by atoms with van der Waals surface area (Å²) in [5.74, 6) is 2.11.